The van der Waals surface area contributed by atoms with Gasteiger partial charge in [-0.1, -0.05) is 141 Å². The van der Waals surface area contributed by atoms with Gasteiger partial charge in [0, 0.05) is 16.7 Å². The van der Waals surface area contributed by atoms with Gasteiger partial charge in [0.1, 0.15) is 0 Å². The minimum absolute atomic E-state index is 0.281. The fourth-order valence-electron chi connectivity index (χ4n) is 10.5. The van der Waals surface area contributed by atoms with Gasteiger partial charge in [-0.2, -0.15) is 5.26 Å². The molecule has 4 heteroatoms. The molecule has 0 spiro atoms. The zero-order valence-electron chi connectivity index (χ0n) is 33.6. The van der Waals surface area contributed by atoms with Crippen LogP contribution in [-0.2, 0) is 5.41 Å². The Hall–Kier alpha value is -6.70. The van der Waals surface area contributed by atoms with E-state index in [9.17, 15) is 5.26 Å². The minimum Gasteiger partial charge on any atom is -0.208 e. The summed E-state index contributed by atoms with van der Waals surface area (Å²) in [6.45, 7) is 4.93. The molecule has 0 aliphatic heterocycles. The smallest absolute Gasteiger partial charge is 0.164 e. The van der Waals surface area contributed by atoms with E-state index in [-0.39, 0.29) is 5.41 Å². The third-order valence-corrected chi connectivity index (χ3v) is 12.9. The Bertz CT molecular complexity index is 2760. The summed E-state index contributed by atoms with van der Waals surface area (Å²) in [5, 5.41) is 11.7. The molecule has 4 atom stereocenters. The van der Waals surface area contributed by atoms with E-state index >= 15 is 0 Å². The van der Waals surface area contributed by atoms with Gasteiger partial charge in [0.25, 0.3) is 0 Å². The van der Waals surface area contributed by atoms with Crippen LogP contribution in [0.5, 0.6) is 0 Å². The summed E-state index contributed by atoms with van der Waals surface area (Å²) in [6, 6.07) is 60.0. The lowest BCUT2D eigenvalue weighted by atomic mass is 9.54. The Balaban J connectivity index is 1.08. The van der Waals surface area contributed by atoms with Crippen LogP contribution in [0, 0.1) is 29.1 Å². The first-order valence-electron chi connectivity index (χ1n) is 21.1. The standard InChI is InChI=1S/C55H46N4/c1-36-25-39-26-37(2)33-55(32-36,34-39)51-23-21-43(22-24-51)49-29-48(42-17-15-40(16-18-42)46-20-19-41-14-13-38(35-56)27-47(41)28-46)30-50(31-49)54-58-52(44-9-5-3-6-10-44)57-53(59-54)45-11-7-4-8-12-45/h3-24,27-31,36-37,39H,25-26,32-34H2,1-2H3/t36-,37+,39-,55?. The van der Waals surface area contributed by atoms with Crippen LogP contribution in [0.4, 0.5) is 0 Å². The lowest BCUT2D eigenvalue weighted by Gasteiger charge is -2.50. The Kier molecular flexibility index (Phi) is 9.46. The molecule has 1 unspecified atom stereocenters. The van der Waals surface area contributed by atoms with Gasteiger partial charge in [-0.05, 0) is 141 Å². The second kappa shape index (κ2) is 15.2. The molecule has 2 aliphatic rings. The van der Waals surface area contributed by atoms with Crippen molar-refractivity contribution in [3.8, 4) is 73.6 Å². The van der Waals surface area contributed by atoms with Gasteiger partial charge in [-0.15, -0.1) is 0 Å². The van der Waals surface area contributed by atoms with E-state index in [4.69, 9.17) is 15.0 Å². The SMILES string of the molecule is C[C@@H]1C[C@@H]2C[C@H](C)CC(c3ccc(-c4cc(-c5ccc(-c6ccc7ccc(C#N)cc7c6)cc5)cc(-c5nc(-c6ccccc6)nc(-c6ccccc6)n5)c4)cc3)(C1)C2. The van der Waals surface area contributed by atoms with E-state index in [2.05, 4.69) is 129 Å². The molecular formula is C55H46N4. The Labute approximate surface area is 347 Å². The predicted octanol–water partition coefficient (Wildman–Crippen LogP) is 14.0. The molecule has 4 nitrogen and oxygen atoms in total. The highest BCUT2D eigenvalue weighted by atomic mass is 15.0. The van der Waals surface area contributed by atoms with Crippen LogP contribution in [0.15, 0.2) is 164 Å². The number of rotatable bonds is 7. The molecule has 59 heavy (non-hydrogen) atoms. The van der Waals surface area contributed by atoms with E-state index in [0.717, 1.165) is 73.0 Å². The maximum absolute atomic E-state index is 9.49. The molecule has 2 fully saturated rings. The third kappa shape index (κ3) is 7.34. The van der Waals surface area contributed by atoms with Crippen LogP contribution < -0.4 is 0 Å². The molecule has 8 aromatic rings. The fourth-order valence-corrected chi connectivity index (χ4v) is 10.5. The monoisotopic (exact) mass is 762 g/mol. The number of hydrogen-bond donors (Lipinski definition) is 0. The quantitative estimate of drug-likeness (QED) is 0.162. The van der Waals surface area contributed by atoms with Crippen LogP contribution in [0.2, 0.25) is 0 Å². The Morgan fingerprint density at radius 1 is 0.441 bits per heavy atom. The van der Waals surface area contributed by atoms with Crippen molar-refractivity contribution in [1.82, 2.24) is 15.0 Å². The summed E-state index contributed by atoms with van der Waals surface area (Å²) >= 11 is 0. The summed E-state index contributed by atoms with van der Waals surface area (Å²) in [5.41, 5.74) is 12.0. The number of nitriles is 1. The van der Waals surface area contributed by atoms with Gasteiger partial charge in [0.15, 0.2) is 17.5 Å². The average molecular weight is 763 g/mol. The predicted molar refractivity (Wildman–Crippen MR) is 241 cm³/mol. The summed E-state index contributed by atoms with van der Waals surface area (Å²) in [7, 11) is 0. The summed E-state index contributed by atoms with van der Waals surface area (Å²) in [6.07, 6.45) is 6.65. The zero-order valence-corrected chi connectivity index (χ0v) is 33.6. The molecule has 10 rings (SSSR count). The van der Waals surface area contributed by atoms with Gasteiger partial charge in [0.2, 0.25) is 0 Å². The molecule has 286 valence electrons. The van der Waals surface area contributed by atoms with Gasteiger partial charge in [0.05, 0.1) is 11.6 Å². The molecule has 2 bridgehead atoms. The fraction of sp³-hybridized carbons (Fsp3) is 0.200. The number of nitrogens with zero attached hydrogens (tertiary/aromatic N) is 4. The van der Waals surface area contributed by atoms with E-state index < -0.39 is 0 Å². The van der Waals surface area contributed by atoms with Crippen molar-refractivity contribution >= 4 is 10.8 Å². The first kappa shape index (κ1) is 36.6. The molecule has 0 radical (unpaired) electrons. The van der Waals surface area contributed by atoms with Crippen molar-refractivity contribution in [2.45, 2.75) is 51.4 Å². The molecule has 0 amide bonds. The van der Waals surface area contributed by atoms with Crippen molar-refractivity contribution < 1.29 is 0 Å². The average Bonchev–Trinajstić information content (AvgIpc) is 3.28. The largest absolute Gasteiger partial charge is 0.208 e. The second-order valence-corrected chi connectivity index (χ2v) is 17.3. The zero-order chi connectivity index (χ0) is 39.9. The number of benzene rings is 7. The summed E-state index contributed by atoms with van der Waals surface area (Å²) < 4.78 is 0. The van der Waals surface area contributed by atoms with E-state index in [0.29, 0.717) is 23.0 Å². The van der Waals surface area contributed by atoms with Crippen molar-refractivity contribution in [2.75, 3.05) is 0 Å². The Morgan fingerprint density at radius 3 is 1.47 bits per heavy atom. The Morgan fingerprint density at radius 2 is 0.915 bits per heavy atom. The number of aromatic nitrogens is 3. The summed E-state index contributed by atoms with van der Waals surface area (Å²) in [5.74, 6) is 4.31. The number of hydrogen-bond acceptors (Lipinski definition) is 4. The van der Waals surface area contributed by atoms with Crippen LogP contribution >= 0.6 is 0 Å². The second-order valence-electron chi connectivity index (χ2n) is 17.3. The normalized spacial score (nSPS) is 19.9. The molecular weight excluding hydrogens is 717 g/mol. The van der Waals surface area contributed by atoms with Crippen LogP contribution in [0.3, 0.4) is 0 Å². The lowest BCUT2D eigenvalue weighted by Crippen LogP contribution is -2.42. The maximum atomic E-state index is 9.49. The van der Waals surface area contributed by atoms with Crippen molar-refractivity contribution in [3.63, 3.8) is 0 Å². The van der Waals surface area contributed by atoms with E-state index in [1.165, 1.54) is 43.2 Å². The molecule has 2 aliphatic carbocycles. The lowest BCUT2D eigenvalue weighted by molar-refractivity contribution is 0.0780. The molecule has 7 aromatic carbocycles. The van der Waals surface area contributed by atoms with Crippen molar-refractivity contribution in [1.29, 1.82) is 5.26 Å². The topological polar surface area (TPSA) is 62.5 Å². The van der Waals surface area contributed by atoms with Crippen molar-refractivity contribution in [2.24, 2.45) is 17.8 Å². The third-order valence-electron chi connectivity index (χ3n) is 12.9. The first-order valence-corrected chi connectivity index (χ1v) is 21.1. The van der Waals surface area contributed by atoms with Crippen LogP contribution in [-0.4, -0.2) is 15.0 Å². The molecule has 0 N–H and O–H groups in total. The van der Waals surface area contributed by atoms with Crippen LogP contribution in [0.1, 0.15) is 57.1 Å². The minimum atomic E-state index is 0.281. The van der Waals surface area contributed by atoms with Gasteiger partial charge in [-0.3, -0.25) is 0 Å². The molecule has 1 heterocycles. The van der Waals surface area contributed by atoms with Crippen LogP contribution in [0.25, 0.3) is 78.3 Å². The maximum Gasteiger partial charge on any atom is 0.164 e. The number of fused-ring (bicyclic) bond motifs is 3. The highest BCUT2D eigenvalue weighted by Gasteiger charge is 2.45. The molecule has 0 saturated heterocycles. The summed E-state index contributed by atoms with van der Waals surface area (Å²) in [4.78, 5) is 15.3. The van der Waals surface area contributed by atoms with Gasteiger partial charge >= 0.3 is 0 Å². The molecule has 2 saturated carbocycles. The van der Waals surface area contributed by atoms with Crippen molar-refractivity contribution in [3.05, 3.63) is 175 Å². The van der Waals surface area contributed by atoms with E-state index in [1.54, 1.807) is 0 Å². The first-order chi connectivity index (χ1) is 28.9. The van der Waals surface area contributed by atoms with Gasteiger partial charge < -0.3 is 0 Å². The molecule has 1 aromatic heterocycles. The highest BCUT2D eigenvalue weighted by molar-refractivity contribution is 5.89. The van der Waals surface area contributed by atoms with Gasteiger partial charge in [-0.25, -0.2) is 15.0 Å². The van der Waals surface area contributed by atoms with E-state index in [1.807, 2.05) is 54.6 Å². The highest BCUT2D eigenvalue weighted by Crippen LogP contribution is 2.54.